The van der Waals surface area contributed by atoms with Gasteiger partial charge in [0.2, 0.25) is 0 Å². The summed E-state index contributed by atoms with van der Waals surface area (Å²) in [5.41, 5.74) is 0. The van der Waals surface area contributed by atoms with Crippen molar-refractivity contribution in [2.24, 2.45) is 0 Å². The number of ether oxygens (including phenoxy) is 1. The van der Waals surface area contributed by atoms with Crippen LogP contribution >= 0.6 is 0 Å². The first-order valence-corrected chi connectivity index (χ1v) is 3.30. The summed E-state index contributed by atoms with van der Waals surface area (Å²) >= 11 is 0. The number of hydroxylamine groups is 2. The molecule has 1 heterocycles. The maximum atomic E-state index is 5.21. The Bertz CT molecular complexity index is 71.5. The van der Waals surface area contributed by atoms with Crippen molar-refractivity contribution in [2.75, 3.05) is 33.4 Å². The van der Waals surface area contributed by atoms with Crippen LogP contribution in [0, 0.1) is 0 Å². The van der Waals surface area contributed by atoms with Gasteiger partial charge >= 0.3 is 0 Å². The van der Waals surface area contributed by atoms with E-state index >= 15 is 0 Å². The van der Waals surface area contributed by atoms with E-state index in [1.54, 1.807) is 7.11 Å². The summed E-state index contributed by atoms with van der Waals surface area (Å²) in [6.45, 7) is 3.60. The van der Waals surface area contributed by atoms with Crippen LogP contribution in [0.3, 0.4) is 0 Å². The predicted octanol–water partition coefficient (Wildman–Crippen LogP) is 0.270. The van der Waals surface area contributed by atoms with Gasteiger partial charge in [0, 0.05) is 20.2 Å². The minimum Gasteiger partial charge on any atom is -0.383 e. The smallest absolute Gasteiger partial charge is 0.0698 e. The summed E-state index contributed by atoms with van der Waals surface area (Å²) in [6.07, 6.45) is 1.16. The normalized spacial score (nSPS) is 21.0. The lowest BCUT2D eigenvalue weighted by atomic mass is 10.5. The minimum atomic E-state index is 0.764. The Hall–Kier alpha value is -0.120. The highest BCUT2D eigenvalue weighted by Crippen LogP contribution is 2.02. The molecule has 1 saturated heterocycles. The summed E-state index contributed by atoms with van der Waals surface area (Å²) in [4.78, 5) is 5.21. The topological polar surface area (TPSA) is 21.7 Å². The van der Waals surface area contributed by atoms with E-state index in [0.29, 0.717) is 0 Å². The van der Waals surface area contributed by atoms with Gasteiger partial charge in [0.05, 0.1) is 13.2 Å². The van der Waals surface area contributed by atoms with Gasteiger partial charge in [-0.3, -0.25) is 4.84 Å². The lowest BCUT2D eigenvalue weighted by Crippen LogP contribution is -2.22. The molecule has 9 heavy (non-hydrogen) atoms. The monoisotopic (exact) mass is 131 g/mol. The molecular formula is C6H13NO2. The Morgan fingerprint density at radius 2 is 2.56 bits per heavy atom. The SMILES string of the molecule is COCCN1CCCO1. The highest BCUT2D eigenvalue weighted by molar-refractivity contribution is 4.51. The molecule has 0 aliphatic carbocycles. The van der Waals surface area contributed by atoms with Gasteiger partial charge in [0.25, 0.3) is 0 Å². The highest BCUT2D eigenvalue weighted by atomic mass is 16.7. The molecule has 0 aromatic rings. The van der Waals surface area contributed by atoms with Crippen LogP contribution in [0.1, 0.15) is 6.42 Å². The maximum Gasteiger partial charge on any atom is 0.0698 e. The van der Waals surface area contributed by atoms with Gasteiger partial charge in [-0.05, 0) is 6.42 Å². The van der Waals surface area contributed by atoms with E-state index in [4.69, 9.17) is 9.57 Å². The molecule has 1 aliphatic heterocycles. The van der Waals surface area contributed by atoms with Crippen molar-refractivity contribution in [3.05, 3.63) is 0 Å². The molecular weight excluding hydrogens is 118 g/mol. The van der Waals surface area contributed by atoms with E-state index in [-0.39, 0.29) is 0 Å². The van der Waals surface area contributed by atoms with Gasteiger partial charge in [-0.25, -0.2) is 0 Å². The van der Waals surface area contributed by atoms with E-state index in [0.717, 1.165) is 32.7 Å². The predicted molar refractivity (Wildman–Crippen MR) is 34.0 cm³/mol. The van der Waals surface area contributed by atoms with E-state index in [9.17, 15) is 0 Å². The molecule has 0 amide bonds. The Balaban J connectivity index is 1.98. The van der Waals surface area contributed by atoms with Gasteiger partial charge in [0.15, 0.2) is 0 Å². The maximum absolute atomic E-state index is 5.21. The molecule has 0 unspecified atom stereocenters. The third-order valence-corrected chi connectivity index (χ3v) is 1.37. The summed E-state index contributed by atoms with van der Waals surface area (Å²) in [6, 6.07) is 0. The first kappa shape index (κ1) is 6.99. The van der Waals surface area contributed by atoms with Crippen molar-refractivity contribution in [1.82, 2.24) is 5.06 Å². The fraction of sp³-hybridized carbons (Fsp3) is 1.00. The third-order valence-electron chi connectivity index (χ3n) is 1.37. The molecule has 0 spiro atoms. The van der Waals surface area contributed by atoms with Crippen LogP contribution in [0.2, 0.25) is 0 Å². The van der Waals surface area contributed by atoms with Crippen molar-refractivity contribution in [3.63, 3.8) is 0 Å². The molecule has 1 aliphatic rings. The third kappa shape index (κ3) is 2.30. The van der Waals surface area contributed by atoms with Crippen molar-refractivity contribution in [2.45, 2.75) is 6.42 Å². The van der Waals surface area contributed by atoms with E-state index in [2.05, 4.69) is 0 Å². The standard InChI is InChI=1S/C6H13NO2/c1-8-6-4-7-3-2-5-9-7/h2-6H2,1H3. The Morgan fingerprint density at radius 3 is 3.11 bits per heavy atom. The Morgan fingerprint density at radius 1 is 1.67 bits per heavy atom. The first-order valence-electron chi connectivity index (χ1n) is 3.30. The fourth-order valence-corrected chi connectivity index (χ4v) is 0.869. The molecule has 0 N–H and O–H groups in total. The van der Waals surface area contributed by atoms with Crippen molar-refractivity contribution in [3.8, 4) is 0 Å². The van der Waals surface area contributed by atoms with Gasteiger partial charge in [0.1, 0.15) is 0 Å². The fourth-order valence-electron chi connectivity index (χ4n) is 0.869. The first-order chi connectivity index (χ1) is 4.43. The second kappa shape index (κ2) is 3.82. The quantitative estimate of drug-likeness (QED) is 0.548. The van der Waals surface area contributed by atoms with Crippen molar-refractivity contribution < 1.29 is 9.57 Å². The van der Waals surface area contributed by atoms with Gasteiger partial charge in [-0.15, -0.1) is 0 Å². The van der Waals surface area contributed by atoms with E-state index < -0.39 is 0 Å². The summed E-state index contributed by atoms with van der Waals surface area (Å²) in [5.74, 6) is 0. The average Bonchev–Trinajstić information content (AvgIpc) is 2.34. The van der Waals surface area contributed by atoms with E-state index in [1.165, 1.54) is 0 Å². The molecule has 0 aromatic carbocycles. The Labute approximate surface area is 55.5 Å². The zero-order valence-electron chi connectivity index (χ0n) is 5.80. The second-order valence-corrected chi connectivity index (χ2v) is 2.11. The number of methoxy groups -OCH3 is 1. The van der Waals surface area contributed by atoms with Crippen LogP contribution < -0.4 is 0 Å². The van der Waals surface area contributed by atoms with Crippen LogP contribution in [-0.4, -0.2) is 38.5 Å². The summed E-state index contributed by atoms with van der Waals surface area (Å²) < 4.78 is 4.88. The Kier molecular flexibility index (Phi) is 2.97. The number of hydrogen-bond acceptors (Lipinski definition) is 3. The summed E-state index contributed by atoms with van der Waals surface area (Å²) in [5, 5.41) is 1.95. The molecule has 1 rings (SSSR count). The van der Waals surface area contributed by atoms with Crippen molar-refractivity contribution in [1.29, 1.82) is 0 Å². The molecule has 0 radical (unpaired) electrons. The summed E-state index contributed by atoms with van der Waals surface area (Å²) in [7, 11) is 1.70. The van der Waals surface area contributed by atoms with Crippen LogP contribution in [-0.2, 0) is 9.57 Å². The molecule has 3 nitrogen and oxygen atoms in total. The molecule has 1 fully saturated rings. The lowest BCUT2D eigenvalue weighted by molar-refractivity contribution is -0.118. The zero-order valence-corrected chi connectivity index (χ0v) is 5.80. The second-order valence-electron chi connectivity index (χ2n) is 2.11. The van der Waals surface area contributed by atoms with Crippen LogP contribution in [0.4, 0.5) is 0 Å². The average molecular weight is 131 g/mol. The largest absolute Gasteiger partial charge is 0.383 e. The minimum absolute atomic E-state index is 0.764. The molecule has 0 aromatic heterocycles. The van der Waals surface area contributed by atoms with Crippen LogP contribution in [0.15, 0.2) is 0 Å². The van der Waals surface area contributed by atoms with Gasteiger partial charge < -0.3 is 4.74 Å². The van der Waals surface area contributed by atoms with Gasteiger partial charge in [-0.2, -0.15) is 5.06 Å². The number of nitrogens with zero attached hydrogens (tertiary/aromatic N) is 1. The lowest BCUT2D eigenvalue weighted by Gasteiger charge is -2.11. The van der Waals surface area contributed by atoms with Crippen LogP contribution in [0.5, 0.6) is 0 Å². The highest BCUT2D eigenvalue weighted by Gasteiger charge is 2.10. The molecule has 0 atom stereocenters. The molecule has 0 saturated carbocycles. The zero-order chi connectivity index (χ0) is 6.53. The molecule has 3 heteroatoms. The number of hydrogen-bond donors (Lipinski definition) is 0. The van der Waals surface area contributed by atoms with E-state index in [1.807, 2.05) is 5.06 Å². The van der Waals surface area contributed by atoms with Gasteiger partial charge in [-0.1, -0.05) is 0 Å². The number of rotatable bonds is 3. The molecule has 0 bridgehead atoms. The van der Waals surface area contributed by atoms with Crippen LogP contribution in [0.25, 0.3) is 0 Å². The van der Waals surface area contributed by atoms with Crippen molar-refractivity contribution >= 4 is 0 Å². The molecule has 54 valence electrons.